The molecule has 2 N–H and O–H groups in total. The van der Waals surface area contributed by atoms with E-state index < -0.39 is 0 Å². The molecule has 1 heterocycles. The monoisotopic (exact) mass is 256 g/mol. The first kappa shape index (κ1) is 13.1. The molecular formula is C15H16N2O2. The summed E-state index contributed by atoms with van der Waals surface area (Å²) in [5.74, 6) is 0.570. The van der Waals surface area contributed by atoms with Gasteiger partial charge in [0.2, 0.25) is 0 Å². The molecule has 0 amide bonds. The third-order valence-electron chi connectivity index (χ3n) is 2.74. The number of hydrogen-bond acceptors (Lipinski definition) is 4. The highest BCUT2D eigenvalue weighted by Gasteiger charge is 2.13. The van der Waals surface area contributed by atoms with Crippen molar-refractivity contribution >= 4 is 12.0 Å². The number of carbonyl (C=O) groups is 1. The van der Waals surface area contributed by atoms with Crippen LogP contribution in [0, 0.1) is 6.92 Å². The number of aldehydes is 1. The van der Waals surface area contributed by atoms with E-state index in [-0.39, 0.29) is 0 Å². The normalized spacial score (nSPS) is 10.2. The fourth-order valence-corrected chi connectivity index (χ4v) is 1.95. The maximum atomic E-state index is 11.2. The quantitative estimate of drug-likeness (QED) is 0.854. The highest BCUT2D eigenvalue weighted by molar-refractivity contribution is 5.86. The average molecular weight is 256 g/mol. The van der Waals surface area contributed by atoms with Crippen LogP contribution in [-0.2, 0) is 0 Å². The highest BCUT2D eigenvalue weighted by atomic mass is 16.5. The van der Waals surface area contributed by atoms with E-state index in [2.05, 4.69) is 4.98 Å². The van der Waals surface area contributed by atoms with E-state index in [1.165, 1.54) is 0 Å². The van der Waals surface area contributed by atoms with Crippen molar-refractivity contribution in [2.45, 2.75) is 13.8 Å². The zero-order valence-corrected chi connectivity index (χ0v) is 11.0. The second kappa shape index (κ2) is 5.52. The summed E-state index contributed by atoms with van der Waals surface area (Å²) in [5, 5.41) is 0. The Kier molecular flexibility index (Phi) is 3.80. The summed E-state index contributed by atoms with van der Waals surface area (Å²) in [6, 6.07) is 7.36. The SMILES string of the molecule is CCOc1c(C=O)cc(C)cc1-c1ccc(N)cn1. The van der Waals surface area contributed by atoms with Crippen LogP contribution in [0.5, 0.6) is 5.75 Å². The van der Waals surface area contributed by atoms with Crippen LogP contribution < -0.4 is 10.5 Å². The Bertz CT molecular complexity index is 592. The van der Waals surface area contributed by atoms with Crippen molar-refractivity contribution < 1.29 is 9.53 Å². The van der Waals surface area contributed by atoms with E-state index in [0.29, 0.717) is 23.6 Å². The first-order valence-corrected chi connectivity index (χ1v) is 6.10. The zero-order valence-electron chi connectivity index (χ0n) is 11.0. The number of hydrogen-bond donors (Lipinski definition) is 1. The van der Waals surface area contributed by atoms with Crippen molar-refractivity contribution in [3.63, 3.8) is 0 Å². The summed E-state index contributed by atoms with van der Waals surface area (Å²) in [6.07, 6.45) is 2.40. The maximum Gasteiger partial charge on any atom is 0.153 e. The van der Waals surface area contributed by atoms with Gasteiger partial charge < -0.3 is 10.5 Å². The van der Waals surface area contributed by atoms with Crippen molar-refractivity contribution in [1.82, 2.24) is 4.98 Å². The molecule has 0 aliphatic rings. The van der Waals surface area contributed by atoms with Gasteiger partial charge in [0, 0.05) is 5.56 Å². The Labute approximate surface area is 112 Å². The third-order valence-corrected chi connectivity index (χ3v) is 2.74. The van der Waals surface area contributed by atoms with Crippen LogP contribution in [0.2, 0.25) is 0 Å². The minimum absolute atomic E-state index is 0.492. The van der Waals surface area contributed by atoms with Gasteiger partial charge in [-0.1, -0.05) is 0 Å². The van der Waals surface area contributed by atoms with Gasteiger partial charge in [-0.15, -0.1) is 0 Å². The summed E-state index contributed by atoms with van der Waals surface area (Å²) in [5.41, 5.74) is 9.31. The molecule has 4 nitrogen and oxygen atoms in total. The van der Waals surface area contributed by atoms with E-state index in [1.807, 2.05) is 26.0 Å². The molecule has 0 atom stereocenters. The first-order chi connectivity index (χ1) is 9.15. The van der Waals surface area contributed by atoms with Crippen molar-refractivity contribution in [3.05, 3.63) is 41.6 Å². The lowest BCUT2D eigenvalue weighted by molar-refractivity contribution is 0.112. The smallest absolute Gasteiger partial charge is 0.153 e. The molecule has 0 bridgehead atoms. The molecule has 2 rings (SSSR count). The third kappa shape index (κ3) is 2.73. The van der Waals surface area contributed by atoms with Crippen LogP contribution in [0.3, 0.4) is 0 Å². The van der Waals surface area contributed by atoms with Crippen LogP contribution in [0.1, 0.15) is 22.8 Å². The Morgan fingerprint density at radius 3 is 2.74 bits per heavy atom. The lowest BCUT2D eigenvalue weighted by Gasteiger charge is -2.13. The maximum absolute atomic E-state index is 11.2. The van der Waals surface area contributed by atoms with E-state index in [4.69, 9.17) is 10.5 Å². The largest absolute Gasteiger partial charge is 0.492 e. The van der Waals surface area contributed by atoms with E-state index in [0.717, 1.165) is 23.1 Å². The summed E-state index contributed by atoms with van der Waals surface area (Å²) >= 11 is 0. The standard InChI is InChI=1S/C15H16N2O2/c1-3-19-15-11(9-18)6-10(2)7-13(15)14-5-4-12(16)8-17-14/h4-9H,3,16H2,1-2H3. The number of nitrogen functional groups attached to an aromatic ring is 1. The topological polar surface area (TPSA) is 65.2 Å². The fourth-order valence-electron chi connectivity index (χ4n) is 1.95. The lowest BCUT2D eigenvalue weighted by atomic mass is 10.0. The van der Waals surface area contributed by atoms with E-state index >= 15 is 0 Å². The molecule has 0 aliphatic carbocycles. The van der Waals surface area contributed by atoms with Gasteiger partial charge >= 0.3 is 0 Å². The van der Waals surface area contributed by atoms with Gasteiger partial charge in [0.25, 0.3) is 0 Å². The molecular weight excluding hydrogens is 240 g/mol. The molecule has 1 aromatic heterocycles. The van der Waals surface area contributed by atoms with Crippen molar-refractivity contribution in [2.24, 2.45) is 0 Å². The van der Waals surface area contributed by atoms with Gasteiger partial charge in [0.1, 0.15) is 5.75 Å². The van der Waals surface area contributed by atoms with Gasteiger partial charge in [0.05, 0.1) is 29.7 Å². The molecule has 0 unspecified atom stereocenters. The van der Waals surface area contributed by atoms with Gasteiger partial charge in [-0.05, 0) is 43.7 Å². The van der Waals surface area contributed by atoms with Crippen molar-refractivity contribution in [3.8, 4) is 17.0 Å². The molecule has 0 fully saturated rings. The molecule has 0 aliphatic heterocycles. The number of anilines is 1. The van der Waals surface area contributed by atoms with Crippen molar-refractivity contribution in [2.75, 3.05) is 12.3 Å². The zero-order chi connectivity index (χ0) is 13.8. The molecule has 0 saturated heterocycles. The molecule has 0 radical (unpaired) electrons. The van der Waals surface area contributed by atoms with Gasteiger partial charge in [-0.3, -0.25) is 9.78 Å². The Hall–Kier alpha value is -2.36. The molecule has 19 heavy (non-hydrogen) atoms. The van der Waals surface area contributed by atoms with Gasteiger partial charge in [-0.25, -0.2) is 0 Å². The first-order valence-electron chi connectivity index (χ1n) is 6.10. The number of nitrogens with zero attached hydrogens (tertiary/aromatic N) is 1. The minimum atomic E-state index is 0.492. The number of pyridine rings is 1. The second-order valence-corrected chi connectivity index (χ2v) is 4.26. The summed E-state index contributed by atoms with van der Waals surface area (Å²) in [7, 11) is 0. The average Bonchev–Trinajstić information content (AvgIpc) is 2.41. The molecule has 98 valence electrons. The van der Waals surface area contributed by atoms with Crippen LogP contribution in [0.15, 0.2) is 30.5 Å². The predicted octanol–water partition coefficient (Wildman–Crippen LogP) is 2.85. The van der Waals surface area contributed by atoms with Crippen LogP contribution in [0.25, 0.3) is 11.3 Å². The number of aryl methyl sites for hydroxylation is 1. The second-order valence-electron chi connectivity index (χ2n) is 4.26. The lowest BCUT2D eigenvalue weighted by Crippen LogP contribution is -2.00. The molecule has 0 saturated carbocycles. The molecule has 0 spiro atoms. The number of benzene rings is 1. The number of carbonyl (C=O) groups excluding carboxylic acids is 1. The Balaban J connectivity index is 2.63. The molecule has 4 heteroatoms. The Morgan fingerprint density at radius 1 is 1.37 bits per heavy atom. The minimum Gasteiger partial charge on any atom is -0.492 e. The predicted molar refractivity (Wildman–Crippen MR) is 75.4 cm³/mol. The molecule has 2 aromatic rings. The van der Waals surface area contributed by atoms with E-state index in [1.54, 1.807) is 18.3 Å². The van der Waals surface area contributed by atoms with E-state index in [9.17, 15) is 4.79 Å². The summed E-state index contributed by atoms with van der Waals surface area (Å²) in [6.45, 7) is 4.31. The number of ether oxygens (including phenoxy) is 1. The van der Waals surface area contributed by atoms with Gasteiger partial charge in [-0.2, -0.15) is 0 Å². The fraction of sp³-hybridized carbons (Fsp3) is 0.200. The Morgan fingerprint density at radius 2 is 2.16 bits per heavy atom. The van der Waals surface area contributed by atoms with Crippen LogP contribution >= 0.6 is 0 Å². The van der Waals surface area contributed by atoms with Crippen LogP contribution in [0.4, 0.5) is 5.69 Å². The summed E-state index contributed by atoms with van der Waals surface area (Å²) in [4.78, 5) is 15.5. The van der Waals surface area contributed by atoms with Gasteiger partial charge in [0.15, 0.2) is 6.29 Å². The molecule has 1 aromatic carbocycles. The summed E-state index contributed by atoms with van der Waals surface area (Å²) < 4.78 is 5.60. The van der Waals surface area contributed by atoms with Crippen LogP contribution in [-0.4, -0.2) is 17.9 Å². The number of aromatic nitrogens is 1. The highest BCUT2D eigenvalue weighted by Crippen LogP contribution is 2.33. The van der Waals surface area contributed by atoms with Crippen molar-refractivity contribution in [1.29, 1.82) is 0 Å². The number of rotatable bonds is 4. The number of nitrogens with two attached hydrogens (primary N) is 1.